The maximum absolute atomic E-state index is 13.2. The van der Waals surface area contributed by atoms with Gasteiger partial charge in [0.2, 0.25) is 11.8 Å². The molecule has 29 heavy (non-hydrogen) atoms. The molecule has 150 valence electrons. The van der Waals surface area contributed by atoms with Crippen molar-refractivity contribution < 1.29 is 14.3 Å². The van der Waals surface area contributed by atoms with Crippen LogP contribution in [-0.4, -0.2) is 41.5 Å². The summed E-state index contributed by atoms with van der Waals surface area (Å²) in [6.07, 6.45) is 4.34. The third-order valence-electron chi connectivity index (χ3n) is 6.03. The van der Waals surface area contributed by atoms with Crippen molar-refractivity contribution in [2.45, 2.75) is 24.7 Å². The zero-order valence-corrected chi connectivity index (χ0v) is 17.3. The first-order valence-corrected chi connectivity index (χ1v) is 11.0. The molecule has 0 radical (unpaired) electrons. The van der Waals surface area contributed by atoms with E-state index in [1.165, 1.54) is 0 Å². The van der Waals surface area contributed by atoms with Gasteiger partial charge in [0.25, 0.3) is 0 Å². The molecule has 5 rings (SSSR count). The number of thiophene rings is 1. The smallest absolute Gasteiger partial charge is 0.230 e. The summed E-state index contributed by atoms with van der Waals surface area (Å²) in [6.45, 7) is 1.59. The standard InChI is InChI=1S/C22H21ClN2O3S/c23-15-5-3-14(4-6-15)8-10-24-20(26)18-17-7-9-22(28-17)13-25(21(27)19(18)22)12-16-2-1-11-29-16/h1-7,9,11,17-19H,8,10,12-13H2,(H,24,26)/t17-,18+,19-,22+/m1/s1. The molecule has 5 nitrogen and oxygen atoms in total. The lowest BCUT2D eigenvalue weighted by molar-refractivity contribution is -0.137. The van der Waals surface area contributed by atoms with Gasteiger partial charge in [0, 0.05) is 16.4 Å². The number of halogens is 1. The van der Waals surface area contributed by atoms with Crippen LogP contribution in [-0.2, 0) is 27.3 Å². The molecule has 3 aliphatic heterocycles. The minimum Gasteiger partial charge on any atom is -0.360 e. The minimum absolute atomic E-state index is 0.0168. The van der Waals surface area contributed by atoms with Gasteiger partial charge in [0.1, 0.15) is 5.60 Å². The summed E-state index contributed by atoms with van der Waals surface area (Å²) in [5.74, 6) is -0.992. The number of carbonyl (C=O) groups excluding carboxylic acids is 2. The van der Waals surface area contributed by atoms with Gasteiger partial charge >= 0.3 is 0 Å². The third-order valence-corrected chi connectivity index (χ3v) is 7.15. The van der Waals surface area contributed by atoms with Crippen LogP contribution in [0.3, 0.4) is 0 Å². The van der Waals surface area contributed by atoms with Gasteiger partial charge in [-0.05, 0) is 35.6 Å². The van der Waals surface area contributed by atoms with Gasteiger partial charge in [-0.2, -0.15) is 0 Å². The fourth-order valence-corrected chi connectivity index (χ4v) is 5.55. The Kier molecular flexibility index (Phi) is 4.73. The Morgan fingerprint density at radius 2 is 2.14 bits per heavy atom. The van der Waals surface area contributed by atoms with Crippen LogP contribution in [0.1, 0.15) is 10.4 Å². The molecule has 1 aromatic heterocycles. The molecule has 4 atom stereocenters. The predicted molar refractivity (Wildman–Crippen MR) is 112 cm³/mol. The van der Waals surface area contributed by atoms with Crippen LogP contribution in [0, 0.1) is 11.8 Å². The van der Waals surface area contributed by atoms with E-state index in [-0.39, 0.29) is 17.9 Å². The van der Waals surface area contributed by atoms with E-state index in [4.69, 9.17) is 16.3 Å². The fraction of sp³-hybridized carbons (Fsp3) is 0.364. The van der Waals surface area contributed by atoms with Crippen molar-refractivity contribution in [3.8, 4) is 0 Å². The number of likely N-dealkylation sites (tertiary alicyclic amines) is 1. The number of hydrogen-bond donors (Lipinski definition) is 1. The van der Waals surface area contributed by atoms with E-state index in [1.807, 2.05) is 58.8 Å². The summed E-state index contributed by atoms with van der Waals surface area (Å²) in [6, 6.07) is 11.6. The summed E-state index contributed by atoms with van der Waals surface area (Å²) in [7, 11) is 0. The fourth-order valence-electron chi connectivity index (χ4n) is 4.70. The van der Waals surface area contributed by atoms with Gasteiger partial charge in [0.05, 0.1) is 31.0 Å². The Bertz CT molecular complexity index is 959. The first-order valence-electron chi connectivity index (χ1n) is 9.76. The van der Waals surface area contributed by atoms with E-state index >= 15 is 0 Å². The van der Waals surface area contributed by atoms with Crippen molar-refractivity contribution in [1.29, 1.82) is 0 Å². The Balaban J connectivity index is 1.26. The largest absolute Gasteiger partial charge is 0.360 e. The van der Waals surface area contributed by atoms with Gasteiger partial charge in [-0.15, -0.1) is 11.3 Å². The van der Waals surface area contributed by atoms with Crippen LogP contribution >= 0.6 is 22.9 Å². The zero-order valence-electron chi connectivity index (χ0n) is 15.7. The summed E-state index contributed by atoms with van der Waals surface area (Å²) < 4.78 is 6.17. The van der Waals surface area contributed by atoms with Crippen molar-refractivity contribution in [3.63, 3.8) is 0 Å². The lowest BCUT2D eigenvalue weighted by Crippen LogP contribution is -2.44. The normalized spacial score (nSPS) is 29.5. The Labute approximate surface area is 178 Å². The quantitative estimate of drug-likeness (QED) is 0.719. The molecule has 0 unspecified atom stereocenters. The summed E-state index contributed by atoms with van der Waals surface area (Å²) in [4.78, 5) is 29.1. The van der Waals surface area contributed by atoms with E-state index < -0.39 is 17.4 Å². The molecule has 1 N–H and O–H groups in total. The second-order valence-electron chi connectivity index (χ2n) is 7.84. The van der Waals surface area contributed by atoms with Crippen molar-refractivity contribution in [2.75, 3.05) is 13.1 Å². The second kappa shape index (κ2) is 7.27. The average Bonchev–Trinajstić information content (AvgIpc) is 3.47. The topological polar surface area (TPSA) is 58.6 Å². The molecule has 1 aromatic carbocycles. The molecule has 2 amide bonds. The van der Waals surface area contributed by atoms with E-state index in [0.717, 1.165) is 10.4 Å². The SMILES string of the molecule is O=C(NCCc1ccc(Cl)cc1)[C@H]1[C@H]2C=C[C@@]3(CN(Cc4cccs4)C(=O)[C@@H]13)O2. The van der Waals surface area contributed by atoms with Crippen molar-refractivity contribution in [2.24, 2.45) is 11.8 Å². The lowest BCUT2D eigenvalue weighted by atomic mass is 9.77. The molecule has 2 bridgehead atoms. The second-order valence-corrected chi connectivity index (χ2v) is 9.31. The van der Waals surface area contributed by atoms with Gasteiger partial charge in [-0.1, -0.05) is 42.0 Å². The predicted octanol–water partition coefficient (Wildman–Crippen LogP) is 3.04. The lowest BCUT2D eigenvalue weighted by Gasteiger charge is -2.23. The maximum Gasteiger partial charge on any atom is 0.230 e. The minimum atomic E-state index is -0.656. The Morgan fingerprint density at radius 1 is 1.31 bits per heavy atom. The number of nitrogens with one attached hydrogen (secondary N) is 1. The van der Waals surface area contributed by atoms with E-state index in [9.17, 15) is 9.59 Å². The number of fused-ring (bicyclic) bond motifs is 1. The molecular weight excluding hydrogens is 408 g/mol. The molecule has 7 heteroatoms. The monoisotopic (exact) mass is 428 g/mol. The number of amides is 2. The Hall–Kier alpha value is -2.15. The van der Waals surface area contributed by atoms with E-state index in [2.05, 4.69) is 5.32 Å². The molecule has 2 aromatic rings. The molecule has 0 saturated carbocycles. The van der Waals surface area contributed by atoms with Gasteiger partial charge in [-0.25, -0.2) is 0 Å². The van der Waals surface area contributed by atoms with Crippen molar-refractivity contribution >= 4 is 34.8 Å². The highest BCUT2D eigenvalue weighted by molar-refractivity contribution is 7.09. The molecule has 3 aliphatic rings. The third kappa shape index (κ3) is 3.29. The molecule has 4 heterocycles. The first-order chi connectivity index (χ1) is 14.1. The molecule has 1 spiro atoms. The van der Waals surface area contributed by atoms with Crippen LogP contribution in [0.15, 0.2) is 53.9 Å². The Morgan fingerprint density at radius 3 is 2.90 bits per heavy atom. The molecule has 2 saturated heterocycles. The molecule has 0 aliphatic carbocycles. The van der Waals surface area contributed by atoms with Crippen LogP contribution < -0.4 is 5.32 Å². The van der Waals surface area contributed by atoms with Crippen LogP contribution in [0.2, 0.25) is 5.02 Å². The van der Waals surface area contributed by atoms with E-state index in [0.29, 0.717) is 31.1 Å². The summed E-state index contributed by atoms with van der Waals surface area (Å²) in [5.41, 5.74) is 0.450. The van der Waals surface area contributed by atoms with Gasteiger partial charge in [0.15, 0.2) is 0 Å². The average molecular weight is 429 g/mol. The number of rotatable bonds is 6. The van der Waals surface area contributed by atoms with Gasteiger partial charge < -0.3 is 15.0 Å². The van der Waals surface area contributed by atoms with E-state index in [1.54, 1.807) is 11.3 Å². The highest BCUT2D eigenvalue weighted by Gasteiger charge is 2.66. The van der Waals surface area contributed by atoms with Crippen LogP contribution in [0.4, 0.5) is 0 Å². The number of carbonyl (C=O) groups is 2. The van der Waals surface area contributed by atoms with Gasteiger partial charge in [-0.3, -0.25) is 9.59 Å². The summed E-state index contributed by atoms with van der Waals surface area (Å²) in [5, 5.41) is 5.71. The van der Waals surface area contributed by atoms with Crippen molar-refractivity contribution in [3.05, 3.63) is 69.4 Å². The molecular formula is C22H21ClN2O3S. The number of nitrogens with zero attached hydrogens (tertiary/aromatic N) is 1. The summed E-state index contributed by atoms with van der Waals surface area (Å²) >= 11 is 7.55. The highest BCUT2D eigenvalue weighted by Crippen LogP contribution is 2.52. The number of ether oxygens (including phenoxy) is 1. The number of hydrogen-bond acceptors (Lipinski definition) is 4. The number of benzene rings is 1. The molecule has 2 fully saturated rings. The highest BCUT2D eigenvalue weighted by atomic mass is 35.5. The zero-order chi connectivity index (χ0) is 20.0. The van der Waals surface area contributed by atoms with Crippen LogP contribution in [0.5, 0.6) is 0 Å². The first kappa shape index (κ1) is 18.9. The van der Waals surface area contributed by atoms with Crippen LogP contribution in [0.25, 0.3) is 0 Å². The maximum atomic E-state index is 13.2. The van der Waals surface area contributed by atoms with Crippen molar-refractivity contribution in [1.82, 2.24) is 10.2 Å².